The predicted molar refractivity (Wildman–Crippen MR) is 106 cm³/mol. The van der Waals surface area contributed by atoms with Gasteiger partial charge in [0, 0.05) is 35.8 Å². The van der Waals surface area contributed by atoms with Crippen molar-refractivity contribution in [3.05, 3.63) is 71.3 Å². The first-order chi connectivity index (χ1) is 11.8. The molecule has 2 nitrogen and oxygen atoms in total. The van der Waals surface area contributed by atoms with Crippen LogP contribution in [0.2, 0.25) is 0 Å². The maximum Gasteiger partial charge on any atom is 0.0807 e. The lowest BCUT2D eigenvalue weighted by atomic mass is 9.99. The summed E-state index contributed by atoms with van der Waals surface area (Å²) in [5.41, 5.74) is 5.35. The summed E-state index contributed by atoms with van der Waals surface area (Å²) < 4.78 is 0. The molecule has 0 amide bonds. The number of hydrogen-bond donors (Lipinski definition) is 0. The Labute approximate surface area is 148 Å². The molecule has 0 aromatic heterocycles. The zero-order valence-corrected chi connectivity index (χ0v) is 15.0. The third-order valence-electron chi connectivity index (χ3n) is 4.70. The first kappa shape index (κ1) is 15.4. The minimum atomic E-state index is 0.983. The number of likely N-dealkylation sites (N-methyl/N-ethyl adjacent to an activating group) is 1. The van der Waals surface area contributed by atoms with Crippen molar-refractivity contribution in [3.8, 4) is 0 Å². The molecule has 122 valence electrons. The van der Waals surface area contributed by atoms with E-state index in [9.17, 15) is 0 Å². The van der Waals surface area contributed by atoms with E-state index in [1.807, 2.05) is 11.8 Å². The predicted octanol–water partition coefficient (Wildman–Crippen LogP) is 5.38. The molecule has 0 bridgehead atoms. The molecule has 2 aliphatic rings. The summed E-state index contributed by atoms with van der Waals surface area (Å²) in [5.74, 6) is 0. The van der Waals surface area contributed by atoms with Crippen LogP contribution in [0.5, 0.6) is 0 Å². The summed E-state index contributed by atoms with van der Waals surface area (Å²) in [4.78, 5) is 6.19. The van der Waals surface area contributed by atoms with Crippen LogP contribution in [0.4, 0.5) is 11.4 Å². The highest BCUT2D eigenvalue weighted by molar-refractivity contribution is 8.03. The van der Waals surface area contributed by atoms with Gasteiger partial charge in [-0.1, -0.05) is 48.2 Å². The van der Waals surface area contributed by atoms with Crippen LogP contribution in [0.15, 0.2) is 70.6 Å². The van der Waals surface area contributed by atoms with Crippen LogP contribution in [-0.4, -0.2) is 19.6 Å². The van der Waals surface area contributed by atoms with Crippen LogP contribution in [0, 0.1) is 0 Å². The van der Waals surface area contributed by atoms with Gasteiger partial charge in [0.25, 0.3) is 0 Å². The van der Waals surface area contributed by atoms with Crippen molar-refractivity contribution in [1.29, 1.82) is 0 Å². The van der Waals surface area contributed by atoms with Gasteiger partial charge in [-0.3, -0.25) is 0 Å². The Morgan fingerprint density at radius 3 is 2.50 bits per heavy atom. The number of hydrogen-bond acceptors (Lipinski definition) is 3. The van der Waals surface area contributed by atoms with E-state index < -0.39 is 0 Å². The molecule has 4 rings (SSSR count). The number of thioether (sulfide) groups is 1. The molecule has 24 heavy (non-hydrogen) atoms. The van der Waals surface area contributed by atoms with Gasteiger partial charge in [-0.15, -0.1) is 0 Å². The van der Waals surface area contributed by atoms with Gasteiger partial charge in [-0.05, 0) is 43.7 Å². The van der Waals surface area contributed by atoms with Gasteiger partial charge in [-0.25, -0.2) is 0 Å². The summed E-state index contributed by atoms with van der Waals surface area (Å²) in [6.07, 6.45) is 4.72. The van der Waals surface area contributed by atoms with Crippen LogP contribution in [-0.2, 0) is 0 Å². The Balaban J connectivity index is 1.73. The van der Waals surface area contributed by atoms with Gasteiger partial charge in [0.2, 0.25) is 0 Å². The minimum absolute atomic E-state index is 0.983. The fourth-order valence-corrected chi connectivity index (χ4v) is 4.64. The van der Waals surface area contributed by atoms with E-state index in [1.54, 1.807) is 0 Å². The average molecular weight is 334 g/mol. The third-order valence-corrected chi connectivity index (χ3v) is 5.81. The van der Waals surface area contributed by atoms with Crippen LogP contribution in [0.25, 0.3) is 5.57 Å². The molecule has 0 saturated carbocycles. The Kier molecular flexibility index (Phi) is 4.11. The number of benzene rings is 2. The lowest BCUT2D eigenvalue weighted by molar-refractivity contribution is 0.896. The van der Waals surface area contributed by atoms with Crippen molar-refractivity contribution in [2.45, 2.75) is 18.7 Å². The molecule has 2 aliphatic heterocycles. The van der Waals surface area contributed by atoms with E-state index in [2.05, 4.69) is 84.3 Å². The second-order valence-corrected chi connectivity index (χ2v) is 7.07. The second kappa shape index (κ2) is 6.40. The van der Waals surface area contributed by atoms with Crippen molar-refractivity contribution in [1.82, 2.24) is 0 Å². The lowest BCUT2D eigenvalue weighted by Crippen LogP contribution is -2.26. The Morgan fingerprint density at radius 1 is 0.958 bits per heavy atom. The molecule has 0 spiro atoms. The average Bonchev–Trinajstić information content (AvgIpc) is 2.99. The van der Waals surface area contributed by atoms with Crippen molar-refractivity contribution in [3.63, 3.8) is 0 Å². The van der Waals surface area contributed by atoms with Crippen LogP contribution in [0.1, 0.15) is 19.4 Å². The molecule has 0 aliphatic carbocycles. The summed E-state index contributed by atoms with van der Waals surface area (Å²) in [7, 11) is 0. The number of fused-ring (bicyclic) bond motifs is 2. The molecule has 3 heteroatoms. The Bertz CT molecular complexity index is 822. The molecule has 0 saturated heterocycles. The number of nitrogens with zero attached hydrogens (tertiary/aromatic N) is 2. The third kappa shape index (κ3) is 2.53. The van der Waals surface area contributed by atoms with Crippen molar-refractivity contribution < 1.29 is 0 Å². The van der Waals surface area contributed by atoms with E-state index in [-0.39, 0.29) is 0 Å². The molecule has 2 aromatic carbocycles. The van der Waals surface area contributed by atoms with Crippen molar-refractivity contribution >= 4 is 28.7 Å². The molecule has 2 heterocycles. The largest absolute Gasteiger partial charge is 0.368 e. The number of para-hydroxylation sites is 2. The standard InChI is InChI=1S/C21H22N2S/c1-3-22-14-13-16(17-9-5-6-10-18(17)22)15-21-23(4-2)19-11-7-8-12-20(19)24-21/h5-13,15H,3-4,14H2,1-2H3. The highest BCUT2D eigenvalue weighted by atomic mass is 32.2. The van der Waals surface area contributed by atoms with Gasteiger partial charge in [-0.2, -0.15) is 0 Å². The van der Waals surface area contributed by atoms with Gasteiger partial charge in [0.05, 0.1) is 10.7 Å². The van der Waals surface area contributed by atoms with Gasteiger partial charge >= 0.3 is 0 Å². The first-order valence-corrected chi connectivity index (χ1v) is 9.44. The zero-order chi connectivity index (χ0) is 16.5. The number of anilines is 2. The summed E-state index contributed by atoms with van der Waals surface area (Å²) >= 11 is 1.88. The summed E-state index contributed by atoms with van der Waals surface area (Å²) in [6.45, 7) is 7.45. The van der Waals surface area contributed by atoms with Gasteiger partial charge < -0.3 is 9.80 Å². The van der Waals surface area contributed by atoms with Gasteiger partial charge in [0.15, 0.2) is 0 Å². The number of rotatable bonds is 3. The fraction of sp³-hybridized carbons (Fsp3) is 0.238. The van der Waals surface area contributed by atoms with Crippen LogP contribution >= 0.6 is 11.8 Å². The smallest absolute Gasteiger partial charge is 0.0807 e. The maximum absolute atomic E-state index is 2.42. The fourth-order valence-electron chi connectivity index (χ4n) is 3.47. The lowest BCUT2D eigenvalue weighted by Gasteiger charge is -2.29. The van der Waals surface area contributed by atoms with Crippen LogP contribution < -0.4 is 9.80 Å². The van der Waals surface area contributed by atoms with E-state index >= 15 is 0 Å². The van der Waals surface area contributed by atoms with Crippen LogP contribution in [0.3, 0.4) is 0 Å². The second-order valence-electron chi connectivity index (χ2n) is 6.01. The normalized spacial score (nSPS) is 17.8. The quantitative estimate of drug-likeness (QED) is 0.744. The highest BCUT2D eigenvalue weighted by Gasteiger charge is 2.24. The molecule has 0 N–H and O–H groups in total. The Hall–Kier alpha value is -2.13. The van der Waals surface area contributed by atoms with E-state index in [0.29, 0.717) is 0 Å². The molecule has 2 aromatic rings. The van der Waals surface area contributed by atoms with E-state index in [4.69, 9.17) is 0 Å². The van der Waals surface area contributed by atoms with Crippen molar-refractivity contribution in [2.75, 3.05) is 29.4 Å². The topological polar surface area (TPSA) is 6.48 Å². The monoisotopic (exact) mass is 334 g/mol. The highest BCUT2D eigenvalue weighted by Crippen LogP contribution is 2.47. The minimum Gasteiger partial charge on any atom is -0.368 e. The molecule has 0 radical (unpaired) electrons. The zero-order valence-electron chi connectivity index (χ0n) is 14.2. The molecule has 0 atom stereocenters. The molecule has 0 unspecified atom stereocenters. The number of allylic oxidation sites excluding steroid dienone is 2. The molecular weight excluding hydrogens is 312 g/mol. The van der Waals surface area contributed by atoms with E-state index in [1.165, 1.54) is 32.4 Å². The van der Waals surface area contributed by atoms with E-state index in [0.717, 1.165) is 19.6 Å². The SMILES string of the molecule is CCN1CC=C(C=C2Sc3ccccc3N2CC)c2ccccc21. The summed E-state index contributed by atoms with van der Waals surface area (Å²) in [6, 6.07) is 17.4. The Morgan fingerprint density at radius 2 is 1.71 bits per heavy atom. The summed E-state index contributed by atoms with van der Waals surface area (Å²) in [5, 5.41) is 1.32. The molecular formula is C21H22N2S. The maximum atomic E-state index is 2.42. The molecule has 0 fully saturated rings. The first-order valence-electron chi connectivity index (χ1n) is 8.62. The van der Waals surface area contributed by atoms with Gasteiger partial charge in [0.1, 0.15) is 0 Å². The van der Waals surface area contributed by atoms with Crippen molar-refractivity contribution in [2.24, 2.45) is 0 Å².